The van der Waals surface area contributed by atoms with Gasteiger partial charge in [0.05, 0.1) is 20.6 Å². The summed E-state index contributed by atoms with van der Waals surface area (Å²) >= 11 is 17.8. The van der Waals surface area contributed by atoms with Gasteiger partial charge in [0.15, 0.2) is 0 Å². The number of nitrogens with zero attached hydrogens (tertiary/aromatic N) is 3. The Bertz CT molecular complexity index is 886. The molecule has 5 nitrogen and oxygen atoms in total. The first-order valence-electron chi connectivity index (χ1n) is 8.14. The lowest BCUT2D eigenvalue weighted by Gasteiger charge is -2.35. The molecule has 2 amide bonds. The number of alkyl halides is 3. The van der Waals surface area contributed by atoms with E-state index in [1.165, 1.54) is 0 Å². The first kappa shape index (κ1) is 20.8. The van der Waals surface area contributed by atoms with E-state index in [9.17, 15) is 18.0 Å². The summed E-state index contributed by atoms with van der Waals surface area (Å²) in [5.41, 5.74) is -0.393. The highest BCUT2D eigenvalue weighted by Crippen LogP contribution is 2.33. The molecule has 1 N–H and O–H groups in total. The number of carbonyl (C=O) groups excluding carboxylic acids is 1. The number of urea groups is 1. The lowest BCUT2D eigenvalue weighted by molar-refractivity contribution is -0.137. The van der Waals surface area contributed by atoms with Crippen molar-refractivity contribution >= 4 is 52.3 Å². The molecule has 1 aliphatic heterocycles. The minimum Gasteiger partial charge on any atom is -0.352 e. The van der Waals surface area contributed by atoms with Crippen LogP contribution in [0.2, 0.25) is 15.1 Å². The average Bonchev–Trinajstić information content (AvgIpc) is 2.64. The summed E-state index contributed by atoms with van der Waals surface area (Å²) < 4.78 is 38.2. The first-order valence-corrected chi connectivity index (χ1v) is 9.27. The summed E-state index contributed by atoms with van der Waals surface area (Å²) in [7, 11) is 0. The summed E-state index contributed by atoms with van der Waals surface area (Å²) in [6.45, 7) is 1.47. The monoisotopic (exact) mass is 452 g/mol. The molecule has 0 saturated carbocycles. The van der Waals surface area contributed by atoms with Crippen LogP contribution < -0.4 is 10.2 Å². The summed E-state index contributed by atoms with van der Waals surface area (Å²) in [5, 5.41) is 3.36. The second-order valence-electron chi connectivity index (χ2n) is 6.06. The van der Waals surface area contributed by atoms with Crippen LogP contribution in [-0.2, 0) is 6.18 Å². The molecule has 0 bridgehead atoms. The number of pyridine rings is 1. The third-order valence-electron chi connectivity index (χ3n) is 4.19. The van der Waals surface area contributed by atoms with Gasteiger partial charge in [-0.2, -0.15) is 13.2 Å². The average molecular weight is 454 g/mol. The molecule has 1 aromatic heterocycles. The Morgan fingerprint density at radius 2 is 1.68 bits per heavy atom. The van der Waals surface area contributed by atoms with E-state index in [0.29, 0.717) is 41.9 Å². The lowest BCUT2D eigenvalue weighted by atomic mass is 10.2. The molecule has 150 valence electrons. The van der Waals surface area contributed by atoms with Crippen molar-refractivity contribution in [2.24, 2.45) is 0 Å². The maximum Gasteiger partial charge on any atom is 0.417 e. The molecular formula is C17H14Cl3F3N4O. The Labute approximate surface area is 174 Å². The van der Waals surface area contributed by atoms with Crippen molar-refractivity contribution in [3.05, 3.63) is 51.1 Å². The third kappa shape index (κ3) is 4.74. The van der Waals surface area contributed by atoms with Gasteiger partial charge in [0.2, 0.25) is 0 Å². The van der Waals surface area contributed by atoms with Crippen LogP contribution in [0, 0.1) is 0 Å². The Morgan fingerprint density at radius 1 is 1.00 bits per heavy atom. The highest BCUT2D eigenvalue weighted by molar-refractivity contribution is 6.42. The number of anilines is 2. The van der Waals surface area contributed by atoms with Crippen molar-refractivity contribution in [1.29, 1.82) is 0 Å². The number of benzene rings is 1. The van der Waals surface area contributed by atoms with E-state index in [4.69, 9.17) is 34.8 Å². The fraction of sp³-hybridized carbons (Fsp3) is 0.294. The zero-order valence-corrected chi connectivity index (χ0v) is 16.5. The van der Waals surface area contributed by atoms with E-state index in [1.807, 2.05) is 0 Å². The quantitative estimate of drug-likeness (QED) is 0.661. The molecule has 0 aliphatic carbocycles. The van der Waals surface area contributed by atoms with Crippen molar-refractivity contribution < 1.29 is 18.0 Å². The van der Waals surface area contributed by atoms with Crippen LogP contribution in [0.1, 0.15) is 5.56 Å². The van der Waals surface area contributed by atoms with Crippen LogP contribution in [-0.4, -0.2) is 42.1 Å². The van der Waals surface area contributed by atoms with Crippen LogP contribution in [0.5, 0.6) is 0 Å². The van der Waals surface area contributed by atoms with E-state index in [2.05, 4.69) is 10.3 Å². The van der Waals surface area contributed by atoms with Gasteiger partial charge >= 0.3 is 12.2 Å². The fourth-order valence-corrected chi connectivity index (χ4v) is 3.30. The molecule has 0 unspecified atom stereocenters. The Morgan fingerprint density at radius 3 is 2.25 bits per heavy atom. The topological polar surface area (TPSA) is 48.5 Å². The summed E-state index contributed by atoms with van der Waals surface area (Å²) in [4.78, 5) is 19.6. The molecule has 11 heteroatoms. The third-order valence-corrected chi connectivity index (χ3v) is 5.20. The Kier molecular flexibility index (Phi) is 6.12. The predicted octanol–water partition coefficient (Wildman–Crippen LogP) is 5.41. The van der Waals surface area contributed by atoms with Crippen molar-refractivity contribution in [1.82, 2.24) is 9.88 Å². The minimum absolute atomic E-state index is 0.0801. The van der Waals surface area contributed by atoms with Crippen molar-refractivity contribution in [3.63, 3.8) is 0 Å². The SMILES string of the molecule is O=C(Nc1ccc(Cl)c(Cl)c1)N1CCN(c2ncc(C(F)(F)F)cc2Cl)CC1. The van der Waals surface area contributed by atoms with E-state index in [-0.39, 0.29) is 16.9 Å². The van der Waals surface area contributed by atoms with Crippen molar-refractivity contribution in [3.8, 4) is 0 Å². The van der Waals surface area contributed by atoms with E-state index in [1.54, 1.807) is 28.0 Å². The summed E-state index contributed by atoms with van der Waals surface area (Å²) in [6, 6.07) is 5.30. The minimum atomic E-state index is -4.50. The van der Waals surface area contributed by atoms with Crippen LogP contribution in [0.3, 0.4) is 0 Å². The van der Waals surface area contributed by atoms with Gasteiger partial charge in [0, 0.05) is 38.1 Å². The summed E-state index contributed by atoms with van der Waals surface area (Å²) in [5.74, 6) is 0.263. The van der Waals surface area contributed by atoms with E-state index >= 15 is 0 Å². The van der Waals surface area contributed by atoms with Crippen LogP contribution in [0.25, 0.3) is 0 Å². The number of nitrogens with one attached hydrogen (secondary N) is 1. The van der Waals surface area contributed by atoms with Gasteiger partial charge in [-0.1, -0.05) is 34.8 Å². The second-order valence-corrected chi connectivity index (χ2v) is 7.28. The largest absolute Gasteiger partial charge is 0.417 e. The highest BCUT2D eigenvalue weighted by atomic mass is 35.5. The first-order chi connectivity index (χ1) is 13.1. The zero-order chi connectivity index (χ0) is 20.5. The van der Waals surface area contributed by atoms with Crippen molar-refractivity contribution in [2.75, 3.05) is 36.4 Å². The maximum absolute atomic E-state index is 12.7. The maximum atomic E-state index is 12.7. The molecule has 2 heterocycles. The molecule has 1 saturated heterocycles. The van der Waals surface area contributed by atoms with Crippen LogP contribution in [0.15, 0.2) is 30.5 Å². The number of halogens is 6. The van der Waals surface area contributed by atoms with Gasteiger partial charge in [0.1, 0.15) is 5.82 Å². The summed E-state index contributed by atoms with van der Waals surface area (Å²) in [6.07, 6.45) is -3.75. The molecule has 1 aliphatic rings. The number of hydrogen-bond donors (Lipinski definition) is 1. The van der Waals surface area contributed by atoms with Gasteiger partial charge in [-0.15, -0.1) is 0 Å². The smallest absolute Gasteiger partial charge is 0.352 e. The van der Waals surface area contributed by atoms with Gasteiger partial charge in [-0.3, -0.25) is 0 Å². The normalized spacial score (nSPS) is 14.9. The number of carbonyl (C=O) groups is 1. The molecule has 28 heavy (non-hydrogen) atoms. The van der Waals surface area contributed by atoms with Crippen LogP contribution >= 0.6 is 34.8 Å². The number of hydrogen-bond acceptors (Lipinski definition) is 3. The molecule has 3 rings (SSSR count). The van der Waals surface area contributed by atoms with Gasteiger partial charge in [0.25, 0.3) is 0 Å². The number of rotatable bonds is 2. The van der Waals surface area contributed by atoms with E-state index in [0.717, 1.165) is 12.3 Å². The lowest BCUT2D eigenvalue weighted by Crippen LogP contribution is -2.50. The number of aromatic nitrogens is 1. The van der Waals surface area contributed by atoms with Crippen LogP contribution in [0.4, 0.5) is 29.5 Å². The Balaban J connectivity index is 1.61. The van der Waals surface area contributed by atoms with E-state index < -0.39 is 11.7 Å². The molecule has 1 aromatic carbocycles. The van der Waals surface area contributed by atoms with Gasteiger partial charge < -0.3 is 15.1 Å². The molecule has 1 fully saturated rings. The number of amides is 2. The fourth-order valence-electron chi connectivity index (χ4n) is 2.72. The highest BCUT2D eigenvalue weighted by Gasteiger charge is 2.32. The van der Waals surface area contributed by atoms with Crippen molar-refractivity contribution in [2.45, 2.75) is 6.18 Å². The predicted molar refractivity (Wildman–Crippen MR) is 104 cm³/mol. The zero-order valence-electron chi connectivity index (χ0n) is 14.2. The molecule has 0 atom stereocenters. The van der Waals surface area contributed by atoms with Gasteiger partial charge in [-0.25, -0.2) is 9.78 Å². The standard InChI is InChI=1S/C17H14Cl3F3N4O/c18-12-2-1-11(8-13(12)19)25-16(28)27-5-3-26(4-6-27)15-14(20)7-10(9-24-15)17(21,22)23/h1-2,7-9H,3-6H2,(H,25,28). The van der Waals surface area contributed by atoms with Gasteiger partial charge in [-0.05, 0) is 24.3 Å². The molecule has 0 radical (unpaired) electrons. The molecule has 2 aromatic rings. The molecule has 0 spiro atoms. The number of piperazine rings is 1. The molecular weight excluding hydrogens is 440 g/mol. The Hall–Kier alpha value is -1.90. The second kappa shape index (κ2) is 8.23.